The second-order valence-corrected chi connectivity index (χ2v) is 9.59. The van der Waals surface area contributed by atoms with E-state index in [4.69, 9.17) is 14.5 Å². The molecule has 1 N–H and O–H groups in total. The van der Waals surface area contributed by atoms with Crippen LogP contribution < -0.4 is 5.32 Å². The van der Waals surface area contributed by atoms with Crippen LogP contribution in [0, 0.1) is 11.3 Å². The van der Waals surface area contributed by atoms with Crippen molar-refractivity contribution in [3.8, 4) is 17.5 Å². The van der Waals surface area contributed by atoms with Crippen LogP contribution in [-0.4, -0.2) is 45.7 Å². The van der Waals surface area contributed by atoms with E-state index in [1.165, 1.54) is 0 Å². The van der Waals surface area contributed by atoms with Crippen molar-refractivity contribution in [3.05, 3.63) is 83.1 Å². The van der Waals surface area contributed by atoms with Gasteiger partial charge >= 0.3 is 0 Å². The number of hydrogen-bond donors (Lipinski definition) is 1. The van der Waals surface area contributed by atoms with E-state index in [2.05, 4.69) is 26.3 Å². The van der Waals surface area contributed by atoms with Crippen LogP contribution in [0.15, 0.2) is 54.9 Å². The minimum absolute atomic E-state index is 0.230. The second-order valence-electron chi connectivity index (χ2n) is 9.59. The summed E-state index contributed by atoms with van der Waals surface area (Å²) in [5, 5.41) is 13.5. The molecule has 9 nitrogen and oxygen atoms in total. The molecule has 0 unspecified atom stereocenters. The number of nitrogens with zero attached hydrogens (tertiary/aromatic N) is 5. The van der Waals surface area contributed by atoms with E-state index in [0.717, 1.165) is 39.2 Å². The lowest BCUT2D eigenvalue weighted by atomic mass is 9.79. The average Bonchev–Trinajstić information content (AvgIpc) is 2.90. The highest BCUT2D eigenvalue weighted by atomic mass is 16.5. The molecule has 0 spiro atoms. The Labute approximate surface area is 213 Å². The SMILES string of the molecule is C[C@@]1(C#N)COCc2ccc(C(=O)NCc3cc4nc(-c5ccnc(C6COC6)n5)ccc4cn3)cc21. The molecule has 0 aliphatic carbocycles. The van der Waals surface area contributed by atoms with Crippen molar-refractivity contribution in [1.82, 2.24) is 25.3 Å². The lowest BCUT2D eigenvalue weighted by molar-refractivity contribution is 0.00489. The zero-order chi connectivity index (χ0) is 25.4. The van der Waals surface area contributed by atoms with Crippen LogP contribution in [0.2, 0.25) is 0 Å². The maximum Gasteiger partial charge on any atom is 0.251 e. The Balaban J connectivity index is 1.20. The van der Waals surface area contributed by atoms with E-state index in [-0.39, 0.29) is 18.4 Å². The summed E-state index contributed by atoms with van der Waals surface area (Å²) < 4.78 is 10.8. The highest BCUT2D eigenvalue weighted by molar-refractivity contribution is 5.94. The summed E-state index contributed by atoms with van der Waals surface area (Å²) in [6.45, 7) is 4.12. The average molecular weight is 493 g/mol. The summed E-state index contributed by atoms with van der Waals surface area (Å²) in [5.74, 6) is 0.775. The number of pyridine rings is 2. The molecule has 0 saturated carbocycles. The molecule has 5 heterocycles. The molecule has 1 amide bonds. The Hall–Kier alpha value is -4.26. The molecular formula is C28H24N6O3. The second kappa shape index (κ2) is 9.32. The van der Waals surface area contributed by atoms with Crippen LogP contribution in [0.3, 0.4) is 0 Å². The molecule has 0 radical (unpaired) electrons. The zero-order valence-corrected chi connectivity index (χ0v) is 20.3. The van der Waals surface area contributed by atoms with Gasteiger partial charge in [-0.25, -0.2) is 15.0 Å². The minimum Gasteiger partial charge on any atom is -0.380 e. The number of carbonyl (C=O) groups excluding carboxylic acids is 1. The molecule has 4 aromatic rings. The standard InChI is InChI=1S/C28H24N6O3/c1-28(15-29)16-37-12-19-3-2-17(8-22(19)28)27(35)32-11-21-9-25-18(10-31-21)4-5-23(33-25)24-6-7-30-26(34-24)20-13-36-14-20/h2-10,20H,11-14,16H2,1H3,(H,32,35)/t28-/m1/s1. The zero-order valence-electron chi connectivity index (χ0n) is 20.3. The maximum absolute atomic E-state index is 12.9. The van der Waals surface area contributed by atoms with Crippen molar-refractivity contribution in [2.75, 3.05) is 19.8 Å². The van der Waals surface area contributed by atoms with Crippen LogP contribution in [0.5, 0.6) is 0 Å². The van der Waals surface area contributed by atoms with Gasteiger partial charge in [0.15, 0.2) is 0 Å². The Kier molecular flexibility index (Phi) is 5.83. The van der Waals surface area contributed by atoms with Crippen LogP contribution >= 0.6 is 0 Å². The molecule has 9 heteroatoms. The molecule has 1 fully saturated rings. The lowest BCUT2D eigenvalue weighted by Crippen LogP contribution is -2.33. The molecule has 0 bridgehead atoms. The molecule has 1 atom stereocenters. The van der Waals surface area contributed by atoms with Crippen molar-refractivity contribution < 1.29 is 14.3 Å². The van der Waals surface area contributed by atoms with E-state index >= 15 is 0 Å². The highest BCUT2D eigenvalue weighted by Gasteiger charge is 2.33. The van der Waals surface area contributed by atoms with Gasteiger partial charge < -0.3 is 14.8 Å². The lowest BCUT2D eigenvalue weighted by Gasteiger charge is -2.30. The first-order chi connectivity index (χ1) is 18.0. The van der Waals surface area contributed by atoms with Crippen molar-refractivity contribution in [2.24, 2.45) is 0 Å². The van der Waals surface area contributed by atoms with Crippen LogP contribution in [0.1, 0.15) is 45.8 Å². The fraction of sp³-hybridized carbons (Fsp3) is 0.286. The molecule has 2 aliphatic heterocycles. The molecular weight excluding hydrogens is 468 g/mol. The van der Waals surface area contributed by atoms with Gasteiger partial charge in [0, 0.05) is 23.3 Å². The van der Waals surface area contributed by atoms with Crippen molar-refractivity contribution in [1.29, 1.82) is 5.26 Å². The number of ether oxygens (including phenoxy) is 2. The minimum atomic E-state index is -0.775. The van der Waals surface area contributed by atoms with E-state index in [0.29, 0.717) is 37.7 Å². The van der Waals surface area contributed by atoms with Gasteiger partial charge in [0.05, 0.1) is 67.6 Å². The number of rotatable bonds is 5. The molecule has 1 aromatic carbocycles. The van der Waals surface area contributed by atoms with Crippen LogP contribution in [0.4, 0.5) is 0 Å². The summed E-state index contributed by atoms with van der Waals surface area (Å²) in [7, 11) is 0. The number of benzene rings is 1. The summed E-state index contributed by atoms with van der Waals surface area (Å²) in [6.07, 6.45) is 3.50. The normalized spacial score (nSPS) is 19.0. The quantitative estimate of drug-likeness (QED) is 0.449. The van der Waals surface area contributed by atoms with E-state index in [1.807, 2.05) is 37.3 Å². The van der Waals surface area contributed by atoms with Gasteiger partial charge in [-0.3, -0.25) is 9.78 Å². The van der Waals surface area contributed by atoms with Gasteiger partial charge in [-0.1, -0.05) is 6.07 Å². The van der Waals surface area contributed by atoms with Gasteiger partial charge in [-0.05, 0) is 54.4 Å². The van der Waals surface area contributed by atoms with Crippen molar-refractivity contribution in [2.45, 2.75) is 31.4 Å². The number of aromatic nitrogens is 4. The summed E-state index contributed by atoms with van der Waals surface area (Å²) >= 11 is 0. The molecule has 3 aromatic heterocycles. The van der Waals surface area contributed by atoms with E-state index in [9.17, 15) is 10.1 Å². The molecule has 2 aliphatic rings. The van der Waals surface area contributed by atoms with Crippen molar-refractivity contribution >= 4 is 16.8 Å². The third-order valence-electron chi connectivity index (χ3n) is 6.86. The van der Waals surface area contributed by atoms with Crippen LogP contribution in [-0.2, 0) is 28.0 Å². The Morgan fingerprint density at radius 3 is 2.78 bits per heavy atom. The first-order valence-corrected chi connectivity index (χ1v) is 12.1. The predicted molar refractivity (Wildman–Crippen MR) is 134 cm³/mol. The fourth-order valence-electron chi connectivity index (χ4n) is 4.56. The third-order valence-corrected chi connectivity index (χ3v) is 6.86. The monoisotopic (exact) mass is 492 g/mol. The number of fused-ring (bicyclic) bond motifs is 2. The maximum atomic E-state index is 12.9. The van der Waals surface area contributed by atoms with Gasteiger partial charge in [0.1, 0.15) is 11.2 Å². The number of nitriles is 1. The Morgan fingerprint density at radius 2 is 1.97 bits per heavy atom. The number of carbonyl (C=O) groups is 1. The predicted octanol–water partition coefficient (Wildman–Crippen LogP) is 3.44. The number of amides is 1. The van der Waals surface area contributed by atoms with E-state index < -0.39 is 5.41 Å². The number of hydrogen-bond acceptors (Lipinski definition) is 8. The smallest absolute Gasteiger partial charge is 0.251 e. The summed E-state index contributed by atoms with van der Waals surface area (Å²) in [4.78, 5) is 31.3. The van der Waals surface area contributed by atoms with Gasteiger partial charge in [-0.2, -0.15) is 5.26 Å². The van der Waals surface area contributed by atoms with Gasteiger partial charge in [0.2, 0.25) is 0 Å². The summed E-state index contributed by atoms with van der Waals surface area (Å²) in [6, 6.07) is 15.3. The van der Waals surface area contributed by atoms with E-state index in [1.54, 1.807) is 24.5 Å². The molecule has 1 saturated heterocycles. The van der Waals surface area contributed by atoms with Gasteiger partial charge in [-0.15, -0.1) is 0 Å². The highest BCUT2D eigenvalue weighted by Crippen LogP contribution is 2.32. The largest absolute Gasteiger partial charge is 0.380 e. The first kappa shape index (κ1) is 23.2. The Bertz CT molecular complexity index is 1560. The fourth-order valence-corrected chi connectivity index (χ4v) is 4.56. The van der Waals surface area contributed by atoms with Crippen LogP contribution in [0.25, 0.3) is 22.3 Å². The molecule has 184 valence electrons. The summed E-state index contributed by atoms with van der Waals surface area (Å²) in [5.41, 5.74) is 4.46. The van der Waals surface area contributed by atoms with Crippen molar-refractivity contribution in [3.63, 3.8) is 0 Å². The van der Waals surface area contributed by atoms with Gasteiger partial charge in [0.25, 0.3) is 5.91 Å². The molecule has 6 rings (SSSR count). The third kappa shape index (κ3) is 4.42. The number of nitrogens with one attached hydrogen (secondary N) is 1. The molecule has 37 heavy (non-hydrogen) atoms. The first-order valence-electron chi connectivity index (χ1n) is 12.1. The Morgan fingerprint density at radius 1 is 1.11 bits per heavy atom. The topological polar surface area (TPSA) is 123 Å².